The number of anilines is 1. The minimum Gasteiger partial charge on any atom is -0.383 e. The van der Waals surface area contributed by atoms with Gasteiger partial charge in [0.2, 0.25) is 10.0 Å². The Kier molecular flexibility index (Phi) is 6.49. The summed E-state index contributed by atoms with van der Waals surface area (Å²) in [5.74, 6) is 0. The van der Waals surface area contributed by atoms with E-state index in [1.807, 2.05) is 19.0 Å². The van der Waals surface area contributed by atoms with Crippen LogP contribution in [0.4, 0.5) is 5.69 Å². The van der Waals surface area contributed by atoms with Gasteiger partial charge in [0.15, 0.2) is 11.0 Å². The second-order valence-corrected chi connectivity index (χ2v) is 7.43. The number of benzene rings is 1. The SMILES string of the molecule is CN(C)CCNS(=O)(=O)c1ccc(NCCCCN)c2nonc12. The molecule has 0 aliphatic rings. The van der Waals surface area contributed by atoms with Crippen molar-refractivity contribution in [1.82, 2.24) is 19.9 Å². The normalized spacial score (nSPS) is 12.2. The molecule has 0 radical (unpaired) electrons. The van der Waals surface area contributed by atoms with Crippen molar-refractivity contribution in [1.29, 1.82) is 0 Å². The molecule has 0 fully saturated rings. The number of nitrogens with one attached hydrogen (secondary N) is 2. The summed E-state index contributed by atoms with van der Waals surface area (Å²) in [5.41, 5.74) is 6.78. The Labute approximate surface area is 141 Å². The van der Waals surface area contributed by atoms with Crippen LogP contribution in [0.15, 0.2) is 21.7 Å². The fourth-order valence-corrected chi connectivity index (χ4v) is 3.33. The number of rotatable bonds is 10. The summed E-state index contributed by atoms with van der Waals surface area (Å²) in [6.45, 7) is 2.26. The van der Waals surface area contributed by atoms with E-state index in [0.717, 1.165) is 12.8 Å². The third kappa shape index (κ3) is 4.63. The van der Waals surface area contributed by atoms with Gasteiger partial charge in [0, 0.05) is 19.6 Å². The van der Waals surface area contributed by atoms with Crippen LogP contribution in [0.2, 0.25) is 0 Å². The lowest BCUT2D eigenvalue weighted by Crippen LogP contribution is -2.31. The van der Waals surface area contributed by atoms with Crippen LogP contribution in [-0.4, -0.2) is 63.9 Å². The predicted molar refractivity (Wildman–Crippen MR) is 92.3 cm³/mol. The van der Waals surface area contributed by atoms with Crippen molar-refractivity contribution in [3.05, 3.63) is 12.1 Å². The van der Waals surface area contributed by atoms with Gasteiger partial charge in [0.05, 0.1) is 5.69 Å². The maximum atomic E-state index is 12.5. The van der Waals surface area contributed by atoms with Crippen LogP contribution in [-0.2, 0) is 10.0 Å². The lowest BCUT2D eigenvalue weighted by molar-refractivity contribution is 0.315. The van der Waals surface area contributed by atoms with Gasteiger partial charge in [-0.15, -0.1) is 0 Å². The summed E-state index contributed by atoms with van der Waals surface area (Å²) in [7, 11) is 0.0666. The topological polar surface area (TPSA) is 126 Å². The highest BCUT2D eigenvalue weighted by molar-refractivity contribution is 7.89. The van der Waals surface area contributed by atoms with E-state index >= 15 is 0 Å². The van der Waals surface area contributed by atoms with Gasteiger partial charge in [0.25, 0.3) is 0 Å². The van der Waals surface area contributed by atoms with Crippen LogP contribution in [0.25, 0.3) is 11.0 Å². The Morgan fingerprint density at radius 2 is 1.92 bits per heavy atom. The molecule has 9 nitrogen and oxygen atoms in total. The number of unbranched alkanes of at least 4 members (excludes halogenated alkanes) is 1. The largest absolute Gasteiger partial charge is 0.383 e. The summed E-state index contributed by atoms with van der Waals surface area (Å²) in [4.78, 5) is 1.95. The molecule has 24 heavy (non-hydrogen) atoms. The lowest BCUT2D eigenvalue weighted by atomic mass is 10.2. The van der Waals surface area contributed by atoms with Gasteiger partial charge >= 0.3 is 0 Å². The van der Waals surface area contributed by atoms with E-state index in [1.165, 1.54) is 6.07 Å². The molecule has 4 N–H and O–H groups in total. The number of hydrogen-bond donors (Lipinski definition) is 3. The second kappa shape index (κ2) is 8.38. The van der Waals surface area contributed by atoms with Crippen LogP contribution in [0.1, 0.15) is 12.8 Å². The zero-order valence-corrected chi connectivity index (χ0v) is 14.8. The molecule has 1 heterocycles. The van der Waals surface area contributed by atoms with Crippen LogP contribution < -0.4 is 15.8 Å². The van der Waals surface area contributed by atoms with E-state index < -0.39 is 10.0 Å². The van der Waals surface area contributed by atoms with E-state index in [4.69, 9.17) is 10.4 Å². The first-order chi connectivity index (χ1) is 11.5. The minimum absolute atomic E-state index is 0.0602. The van der Waals surface area contributed by atoms with Crippen molar-refractivity contribution in [2.45, 2.75) is 17.7 Å². The smallest absolute Gasteiger partial charge is 0.242 e. The Hall–Kier alpha value is -1.75. The fraction of sp³-hybridized carbons (Fsp3) is 0.571. The Bertz CT molecular complexity index is 759. The van der Waals surface area contributed by atoms with E-state index in [-0.39, 0.29) is 10.4 Å². The average Bonchev–Trinajstić information content (AvgIpc) is 3.00. The number of fused-ring (bicyclic) bond motifs is 1. The molecule has 1 aromatic carbocycles. The van der Waals surface area contributed by atoms with Crippen LogP contribution >= 0.6 is 0 Å². The van der Waals surface area contributed by atoms with Gasteiger partial charge in [-0.25, -0.2) is 17.8 Å². The first-order valence-electron chi connectivity index (χ1n) is 7.79. The standard InChI is InChI=1S/C14H24N6O3S/c1-20(2)10-9-17-24(21,22)12-6-5-11(16-8-4-3-7-15)13-14(12)19-23-18-13/h5-6,16-17H,3-4,7-10,15H2,1-2H3. The molecule has 0 amide bonds. The van der Waals surface area contributed by atoms with Gasteiger partial charge in [-0.2, -0.15) is 0 Å². The number of aromatic nitrogens is 2. The van der Waals surface area contributed by atoms with Gasteiger partial charge in [-0.1, -0.05) is 0 Å². The third-order valence-corrected chi connectivity index (χ3v) is 4.96. The highest BCUT2D eigenvalue weighted by Gasteiger charge is 2.22. The maximum absolute atomic E-state index is 12.5. The summed E-state index contributed by atoms with van der Waals surface area (Å²) in [6.07, 6.45) is 1.82. The summed E-state index contributed by atoms with van der Waals surface area (Å²) in [5, 5.41) is 10.8. The van der Waals surface area contributed by atoms with Crippen LogP contribution in [0, 0.1) is 0 Å². The number of likely N-dealkylation sites (N-methyl/N-ethyl adjacent to an activating group) is 1. The second-order valence-electron chi connectivity index (χ2n) is 5.70. The molecule has 10 heteroatoms. The van der Waals surface area contributed by atoms with Crippen molar-refractivity contribution < 1.29 is 13.0 Å². The zero-order chi connectivity index (χ0) is 17.6. The van der Waals surface area contributed by atoms with Crippen molar-refractivity contribution in [3.8, 4) is 0 Å². The van der Waals surface area contributed by atoms with Crippen LogP contribution in [0.5, 0.6) is 0 Å². The van der Waals surface area contributed by atoms with Gasteiger partial charge in [-0.05, 0) is 55.9 Å². The van der Waals surface area contributed by atoms with Crippen molar-refractivity contribution >= 4 is 26.7 Å². The zero-order valence-electron chi connectivity index (χ0n) is 13.9. The van der Waals surface area contributed by atoms with E-state index in [0.29, 0.717) is 37.4 Å². The molecule has 2 rings (SSSR count). The van der Waals surface area contributed by atoms with Crippen molar-refractivity contribution in [2.24, 2.45) is 5.73 Å². The van der Waals surface area contributed by atoms with Crippen molar-refractivity contribution in [2.75, 3.05) is 45.6 Å². The molecular formula is C14H24N6O3S. The minimum atomic E-state index is -3.68. The Morgan fingerprint density at radius 1 is 1.17 bits per heavy atom. The monoisotopic (exact) mass is 356 g/mol. The van der Waals surface area contributed by atoms with E-state index in [2.05, 4.69) is 20.4 Å². The first-order valence-corrected chi connectivity index (χ1v) is 9.27. The molecule has 0 saturated heterocycles. The molecule has 0 unspecified atom stereocenters. The van der Waals surface area contributed by atoms with E-state index in [1.54, 1.807) is 6.07 Å². The Balaban J connectivity index is 2.19. The van der Waals surface area contributed by atoms with Gasteiger partial charge < -0.3 is 16.0 Å². The summed E-state index contributed by atoms with van der Waals surface area (Å²) < 4.78 is 32.2. The van der Waals surface area contributed by atoms with Crippen LogP contribution in [0.3, 0.4) is 0 Å². The molecule has 0 spiro atoms. The van der Waals surface area contributed by atoms with Gasteiger partial charge in [-0.3, -0.25) is 0 Å². The quantitative estimate of drug-likeness (QED) is 0.516. The highest BCUT2D eigenvalue weighted by Crippen LogP contribution is 2.26. The Morgan fingerprint density at radius 3 is 2.62 bits per heavy atom. The molecule has 2 aromatic rings. The summed E-state index contributed by atoms with van der Waals surface area (Å²) in [6, 6.07) is 3.19. The van der Waals surface area contributed by atoms with E-state index in [9.17, 15) is 8.42 Å². The highest BCUT2D eigenvalue weighted by atomic mass is 32.2. The number of hydrogen-bond acceptors (Lipinski definition) is 8. The molecule has 134 valence electrons. The third-order valence-electron chi connectivity index (χ3n) is 3.47. The average molecular weight is 356 g/mol. The molecule has 1 aromatic heterocycles. The van der Waals surface area contributed by atoms with Crippen molar-refractivity contribution in [3.63, 3.8) is 0 Å². The predicted octanol–water partition coefficient (Wildman–Crippen LogP) is 0.214. The molecule has 0 aliphatic heterocycles. The molecule has 0 aliphatic carbocycles. The molecule has 0 atom stereocenters. The summed E-state index contributed by atoms with van der Waals surface area (Å²) >= 11 is 0. The number of nitrogens with zero attached hydrogens (tertiary/aromatic N) is 3. The molecule has 0 bridgehead atoms. The molecular weight excluding hydrogens is 332 g/mol. The first kappa shape index (κ1) is 18.6. The fourth-order valence-electron chi connectivity index (χ4n) is 2.18. The van der Waals surface area contributed by atoms with Gasteiger partial charge in [0.1, 0.15) is 4.90 Å². The molecule has 0 saturated carbocycles. The number of nitrogens with two attached hydrogens (primary N) is 1. The number of sulfonamides is 1. The maximum Gasteiger partial charge on any atom is 0.242 e. The lowest BCUT2D eigenvalue weighted by Gasteiger charge is -2.12.